The Kier molecular flexibility index (Phi) is 8.07. The van der Waals surface area contributed by atoms with E-state index in [1.165, 1.54) is 0 Å². The molecule has 1 aromatic carbocycles. The molecule has 0 aliphatic rings. The summed E-state index contributed by atoms with van der Waals surface area (Å²) in [6, 6.07) is 9.11. The van der Waals surface area contributed by atoms with Crippen molar-refractivity contribution in [2.75, 3.05) is 26.0 Å². The molecule has 0 saturated carbocycles. The van der Waals surface area contributed by atoms with Crippen molar-refractivity contribution in [1.29, 1.82) is 0 Å². The molecule has 0 saturated heterocycles. The Morgan fingerprint density at radius 2 is 1.86 bits per heavy atom. The van der Waals surface area contributed by atoms with Crippen molar-refractivity contribution in [3.8, 4) is 0 Å². The first kappa shape index (κ1) is 18.3. The highest BCUT2D eigenvalue weighted by atomic mass is 32.1. The maximum atomic E-state index is 12.4. The SMILES string of the molecule is CCOP(=O)(CC(=S)NC(CO)c1ccccc1)OCC. The van der Waals surface area contributed by atoms with Crippen molar-refractivity contribution in [2.45, 2.75) is 19.9 Å². The fourth-order valence-electron chi connectivity index (χ4n) is 1.86. The summed E-state index contributed by atoms with van der Waals surface area (Å²) in [5.41, 5.74) is 0.907. The van der Waals surface area contributed by atoms with Crippen molar-refractivity contribution in [3.63, 3.8) is 0 Å². The molecule has 118 valence electrons. The topological polar surface area (TPSA) is 67.8 Å². The molecule has 0 spiro atoms. The van der Waals surface area contributed by atoms with Crippen LogP contribution in [0.1, 0.15) is 25.5 Å². The van der Waals surface area contributed by atoms with Crippen molar-refractivity contribution < 1.29 is 18.7 Å². The molecule has 0 radical (unpaired) electrons. The lowest BCUT2D eigenvalue weighted by molar-refractivity contribution is 0.223. The summed E-state index contributed by atoms with van der Waals surface area (Å²) in [6.45, 7) is 3.98. The van der Waals surface area contributed by atoms with Gasteiger partial charge in [-0.2, -0.15) is 0 Å². The van der Waals surface area contributed by atoms with E-state index < -0.39 is 7.60 Å². The van der Waals surface area contributed by atoms with E-state index in [1.807, 2.05) is 30.3 Å². The van der Waals surface area contributed by atoms with Gasteiger partial charge in [0.15, 0.2) is 0 Å². The van der Waals surface area contributed by atoms with E-state index in [4.69, 9.17) is 21.3 Å². The maximum absolute atomic E-state index is 12.4. The highest BCUT2D eigenvalue weighted by molar-refractivity contribution is 7.81. The zero-order valence-electron chi connectivity index (χ0n) is 12.3. The molecule has 0 fully saturated rings. The summed E-state index contributed by atoms with van der Waals surface area (Å²) in [6.07, 6.45) is 0.00729. The van der Waals surface area contributed by atoms with E-state index in [0.29, 0.717) is 18.2 Å². The first-order valence-electron chi connectivity index (χ1n) is 6.88. The smallest absolute Gasteiger partial charge is 0.337 e. The third-order valence-electron chi connectivity index (χ3n) is 2.71. The number of hydrogen-bond donors (Lipinski definition) is 2. The van der Waals surface area contributed by atoms with E-state index in [9.17, 15) is 9.67 Å². The second-order valence-corrected chi connectivity index (χ2v) is 6.87. The minimum atomic E-state index is -3.22. The quantitative estimate of drug-likeness (QED) is 0.536. The van der Waals surface area contributed by atoms with E-state index in [2.05, 4.69) is 5.32 Å². The van der Waals surface area contributed by atoms with Gasteiger partial charge in [0.2, 0.25) is 0 Å². The molecular weight excluding hydrogens is 309 g/mol. The first-order chi connectivity index (χ1) is 10.0. The van der Waals surface area contributed by atoms with Crippen LogP contribution in [0, 0.1) is 0 Å². The maximum Gasteiger partial charge on any atom is 0.337 e. The first-order valence-corrected chi connectivity index (χ1v) is 9.01. The predicted octanol–water partition coefficient (Wildman–Crippen LogP) is 2.90. The van der Waals surface area contributed by atoms with Gasteiger partial charge < -0.3 is 19.5 Å². The minimum Gasteiger partial charge on any atom is -0.394 e. The van der Waals surface area contributed by atoms with Crippen LogP contribution in [0.15, 0.2) is 30.3 Å². The van der Waals surface area contributed by atoms with Gasteiger partial charge in [-0.05, 0) is 19.4 Å². The Hall–Kier alpha value is -0.780. The number of aliphatic hydroxyl groups excluding tert-OH is 1. The van der Waals surface area contributed by atoms with Crippen molar-refractivity contribution in [2.24, 2.45) is 0 Å². The number of hydrogen-bond acceptors (Lipinski definition) is 5. The molecule has 1 atom stereocenters. The number of thiocarbonyl (C=S) groups is 1. The summed E-state index contributed by atoms with van der Waals surface area (Å²) in [4.78, 5) is 0.350. The van der Waals surface area contributed by atoms with E-state index in [0.717, 1.165) is 5.56 Å². The average molecular weight is 331 g/mol. The van der Waals surface area contributed by atoms with Crippen LogP contribution in [0.25, 0.3) is 0 Å². The van der Waals surface area contributed by atoms with Gasteiger partial charge in [-0.1, -0.05) is 42.5 Å². The highest BCUT2D eigenvalue weighted by Crippen LogP contribution is 2.47. The van der Waals surface area contributed by atoms with Gasteiger partial charge in [0.1, 0.15) is 6.16 Å². The Balaban J connectivity index is 2.68. The third kappa shape index (κ3) is 6.24. The van der Waals surface area contributed by atoms with Gasteiger partial charge in [-0.25, -0.2) is 0 Å². The predicted molar refractivity (Wildman–Crippen MR) is 87.7 cm³/mol. The standard InChI is InChI=1S/C14H22NO4PS/c1-3-18-20(17,19-4-2)11-14(21)15-13(10-16)12-8-6-5-7-9-12/h5-9,13,16H,3-4,10-11H2,1-2H3,(H,15,21). The van der Waals surface area contributed by atoms with E-state index in [-0.39, 0.29) is 18.8 Å². The number of aliphatic hydroxyl groups is 1. The Labute approximate surface area is 131 Å². The molecule has 0 amide bonds. The molecule has 0 heterocycles. The molecule has 0 aromatic heterocycles. The summed E-state index contributed by atoms with van der Waals surface area (Å²) < 4.78 is 22.8. The van der Waals surface area contributed by atoms with Crippen LogP contribution in [0.4, 0.5) is 0 Å². The van der Waals surface area contributed by atoms with Gasteiger partial charge in [0.05, 0.1) is 30.9 Å². The van der Waals surface area contributed by atoms with Crippen LogP contribution in [0.5, 0.6) is 0 Å². The van der Waals surface area contributed by atoms with Crippen molar-refractivity contribution in [3.05, 3.63) is 35.9 Å². The third-order valence-corrected chi connectivity index (χ3v) is 5.19. The normalized spacial score (nSPS) is 12.9. The van der Waals surface area contributed by atoms with Crippen molar-refractivity contribution >= 4 is 24.8 Å². The van der Waals surface area contributed by atoms with Crippen LogP contribution in [0.2, 0.25) is 0 Å². The minimum absolute atomic E-state index is 0.00729. The molecule has 2 N–H and O–H groups in total. The molecular formula is C14H22NO4PS. The Bertz CT molecular complexity index is 473. The second kappa shape index (κ2) is 9.28. The molecule has 7 heteroatoms. The van der Waals surface area contributed by atoms with Crippen LogP contribution in [0.3, 0.4) is 0 Å². The lowest BCUT2D eigenvalue weighted by Gasteiger charge is -2.22. The average Bonchev–Trinajstić information content (AvgIpc) is 2.46. The van der Waals surface area contributed by atoms with E-state index in [1.54, 1.807) is 13.8 Å². The molecule has 1 unspecified atom stereocenters. The Morgan fingerprint density at radius 1 is 1.29 bits per heavy atom. The largest absolute Gasteiger partial charge is 0.394 e. The van der Waals surface area contributed by atoms with Gasteiger partial charge in [0.25, 0.3) is 0 Å². The van der Waals surface area contributed by atoms with Crippen LogP contribution in [-0.2, 0) is 13.6 Å². The van der Waals surface area contributed by atoms with Gasteiger partial charge in [-0.15, -0.1) is 0 Å². The zero-order chi connectivity index (χ0) is 15.7. The lowest BCUT2D eigenvalue weighted by Crippen LogP contribution is -2.32. The lowest BCUT2D eigenvalue weighted by atomic mass is 10.1. The van der Waals surface area contributed by atoms with Gasteiger partial charge >= 0.3 is 7.60 Å². The fourth-order valence-corrected chi connectivity index (χ4v) is 3.96. The molecule has 5 nitrogen and oxygen atoms in total. The van der Waals surface area contributed by atoms with Crippen molar-refractivity contribution in [1.82, 2.24) is 5.32 Å². The molecule has 0 aliphatic carbocycles. The number of rotatable bonds is 9. The molecule has 0 aliphatic heterocycles. The fraction of sp³-hybridized carbons (Fsp3) is 0.500. The summed E-state index contributed by atoms with van der Waals surface area (Å²) >= 11 is 5.22. The zero-order valence-corrected chi connectivity index (χ0v) is 14.0. The highest BCUT2D eigenvalue weighted by Gasteiger charge is 2.26. The van der Waals surface area contributed by atoms with Crippen LogP contribution >= 0.6 is 19.8 Å². The van der Waals surface area contributed by atoms with Gasteiger partial charge in [-0.3, -0.25) is 4.57 Å². The summed E-state index contributed by atoms with van der Waals surface area (Å²) in [5.74, 6) is 0. The second-order valence-electron chi connectivity index (χ2n) is 4.32. The van der Waals surface area contributed by atoms with E-state index >= 15 is 0 Å². The van der Waals surface area contributed by atoms with Gasteiger partial charge in [0, 0.05) is 0 Å². The monoisotopic (exact) mass is 331 g/mol. The Morgan fingerprint density at radius 3 is 2.33 bits per heavy atom. The molecule has 1 aromatic rings. The summed E-state index contributed by atoms with van der Waals surface area (Å²) in [7, 11) is -3.22. The number of benzene rings is 1. The molecule has 21 heavy (non-hydrogen) atoms. The summed E-state index contributed by atoms with van der Waals surface area (Å²) in [5, 5.41) is 12.5. The number of nitrogens with one attached hydrogen (secondary N) is 1. The van der Waals surface area contributed by atoms with Crippen LogP contribution in [-0.4, -0.2) is 36.1 Å². The van der Waals surface area contributed by atoms with Crippen LogP contribution < -0.4 is 5.32 Å². The molecule has 0 bridgehead atoms. The molecule has 1 rings (SSSR count).